The summed E-state index contributed by atoms with van der Waals surface area (Å²) >= 11 is 13.2. The third-order valence-electron chi connectivity index (χ3n) is 4.81. The normalized spacial score (nSPS) is 13.2. The van der Waals surface area contributed by atoms with Crippen molar-refractivity contribution in [2.45, 2.75) is 6.92 Å². The van der Waals surface area contributed by atoms with Crippen molar-refractivity contribution in [3.05, 3.63) is 79.2 Å². The summed E-state index contributed by atoms with van der Waals surface area (Å²) in [6.45, 7) is 2.21. The van der Waals surface area contributed by atoms with Gasteiger partial charge < -0.3 is 9.84 Å². The quantitative estimate of drug-likeness (QED) is 0.276. The summed E-state index contributed by atoms with van der Waals surface area (Å²) in [6.07, 6.45) is 1.45. The van der Waals surface area contributed by atoms with Crippen LogP contribution < -0.4 is 9.64 Å². The van der Waals surface area contributed by atoms with Crippen molar-refractivity contribution in [3.8, 4) is 11.5 Å². The third-order valence-corrected chi connectivity index (χ3v) is 7.12. The highest BCUT2D eigenvalue weighted by atomic mass is 79.9. The number of benzene rings is 3. The highest BCUT2D eigenvalue weighted by Gasteiger charge is 2.36. The number of hydrogen-bond acceptors (Lipinski definition) is 5. The van der Waals surface area contributed by atoms with Gasteiger partial charge in [0.2, 0.25) is 0 Å². The Morgan fingerprint density at radius 3 is 2.34 bits per heavy atom. The van der Waals surface area contributed by atoms with Gasteiger partial charge in [0.15, 0.2) is 11.5 Å². The summed E-state index contributed by atoms with van der Waals surface area (Å²) in [7, 11) is 0. The predicted molar refractivity (Wildman–Crippen MR) is 131 cm³/mol. The van der Waals surface area contributed by atoms with Gasteiger partial charge in [-0.2, -0.15) is 0 Å². The summed E-state index contributed by atoms with van der Waals surface area (Å²) in [5.74, 6) is -0.547. The van der Waals surface area contributed by atoms with Crippen molar-refractivity contribution in [1.29, 1.82) is 0 Å². The van der Waals surface area contributed by atoms with Crippen molar-refractivity contribution < 1.29 is 19.4 Å². The number of fused-ring (bicyclic) bond motifs is 1. The molecule has 1 heterocycles. The van der Waals surface area contributed by atoms with E-state index in [-0.39, 0.29) is 10.8 Å². The molecule has 3 aromatic rings. The Morgan fingerprint density at radius 1 is 1.09 bits per heavy atom. The maximum atomic E-state index is 12.7. The maximum Gasteiger partial charge on any atom is 0.266 e. The Balaban J connectivity index is 1.66. The molecule has 0 unspecified atom stereocenters. The topological polar surface area (TPSA) is 79.2 Å². The molecule has 0 radical (unpaired) electrons. The van der Waals surface area contributed by atoms with Crippen LogP contribution in [0, 0.1) is 0 Å². The van der Waals surface area contributed by atoms with Crippen LogP contribution in [0.1, 0.15) is 33.2 Å². The van der Waals surface area contributed by atoms with Gasteiger partial charge in [0.1, 0.15) is 0 Å². The van der Waals surface area contributed by atoms with Gasteiger partial charge in [-0.1, -0.05) is 23.7 Å². The second-order valence-corrected chi connectivity index (χ2v) is 8.81. The minimum absolute atomic E-state index is 0.0653. The molecular formula is C23H15Br2ClN2O4. The zero-order valence-electron chi connectivity index (χ0n) is 16.6. The number of carbonyl (C=O) groups excluding carboxylic acids is 2. The number of aliphatic imine (C=N–C) groups is 1. The fourth-order valence-electron chi connectivity index (χ4n) is 3.29. The van der Waals surface area contributed by atoms with Gasteiger partial charge >= 0.3 is 0 Å². The minimum atomic E-state index is -0.399. The molecule has 1 aliphatic rings. The first kappa shape index (κ1) is 22.5. The number of aromatic hydroxyl groups is 1. The minimum Gasteiger partial charge on any atom is -0.504 e. The van der Waals surface area contributed by atoms with Gasteiger partial charge in [-0.25, -0.2) is 4.90 Å². The Bertz CT molecular complexity index is 1260. The number of phenolic OH excluding ortho intramolecular Hbond substituents is 1. The molecule has 3 aromatic carbocycles. The van der Waals surface area contributed by atoms with Crippen molar-refractivity contribution in [1.82, 2.24) is 0 Å². The summed E-state index contributed by atoms with van der Waals surface area (Å²) < 4.78 is 6.74. The van der Waals surface area contributed by atoms with E-state index >= 15 is 0 Å². The fraction of sp³-hybridized carbons (Fsp3) is 0.0870. The number of ether oxygens (including phenoxy) is 1. The number of carbonyl (C=O) groups is 2. The first-order chi connectivity index (χ1) is 15.3. The molecule has 2 amide bonds. The number of anilines is 1. The van der Waals surface area contributed by atoms with Crippen LogP contribution in [0.2, 0.25) is 5.02 Å². The number of nitrogens with zero attached hydrogens (tertiary/aromatic N) is 2. The van der Waals surface area contributed by atoms with Crippen LogP contribution in [-0.4, -0.2) is 29.7 Å². The van der Waals surface area contributed by atoms with E-state index in [1.165, 1.54) is 12.3 Å². The molecule has 32 heavy (non-hydrogen) atoms. The highest BCUT2D eigenvalue weighted by Crippen LogP contribution is 2.40. The van der Waals surface area contributed by atoms with E-state index < -0.39 is 11.8 Å². The average molecular weight is 579 g/mol. The molecular weight excluding hydrogens is 564 g/mol. The van der Waals surface area contributed by atoms with E-state index in [9.17, 15) is 14.7 Å². The van der Waals surface area contributed by atoms with Gasteiger partial charge in [-0.05, 0) is 75.2 Å². The molecule has 0 aromatic heterocycles. The van der Waals surface area contributed by atoms with Crippen LogP contribution in [0.5, 0.6) is 11.5 Å². The van der Waals surface area contributed by atoms with Crippen LogP contribution >= 0.6 is 43.5 Å². The molecule has 1 N–H and O–H groups in total. The van der Waals surface area contributed by atoms with Crippen LogP contribution in [-0.2, 0) is 0 Å². The number of rotatable bonds is 5. The monoisotopic (exact) mass is 576 g/mol. The number of halogens is 3. The fourth-order valence-corrected chi connectivity index (χ4v) is 4.34. The largest absolute Gasteiger partial charge is 0.504 e. The van der Waals surface area contributed by atoms with Gasteiger partial charge in [-0.15, -0.1) is 0 Å². The lowest BCUT2D eigenvalue weighted by Crippen LogP contribution is -2.29. The van der Waals surface area contributed by atoms with Crippen LogP contribution in [0.25, 0.3) is 0 Å². The summed E-state index contributed by atoms with van der Waals surface area (Å²) in [5.41, 5.74) is 1.87. The van der Waals surface area contributed by atoms with Crippen LogP contribution in [0.4, 0.5) is 11.4 Å². The molecule has 4 rings (SSSR count). The molecule has 1 aliphatic heterocycles. The summed E-state index contributed by atoms with van der Waals surface area (Å²) in [6, 6.07) is 13.0. The van der Waals surface area contributed by atoms with E-state index in [2.05, 4.69) is 36.9 Å². The first-order valence-corrected chi connectivity index (χ1v) is 11.4. The van der Waals surface area contributed by atoms with E-state index in [0.717, 1.165) is 4.90 Å². The zero-order valence-corrected chi connectivity index (χ0v) is 20.5. The molecule has 0 saturated carbocycles. The first-order valence-electron chi connectivity index (χ1n) is 9.48. The summed E-state index contributed by atoms with van der Waals surface area (Å²) in [4.78, 5) is 30.8. The third kappa shape index (κ3) is 3.94. The van der Waals surface area contributed by atoms with Crippen LogP contribution in [0.15, 0.2) is 62.5 Å². The number of imide groups is 1. The lowest BCUT2D eigenvalue weighted by Gasteiger charge is -2.15. The van der Waals surface area contributed by atoms with Crippen molar-refractivity contribution in [2.75, 3.05) is 11.5 Å². The standard InChI is InChI=1S/C23H15Br2ClN2O4/c1-2-32-19-10-16(24)20(25)15(21(19)29)11-27-18-8-7-12(9-17(18)26)28-22(30)13-5-3-4-6-14(13)23(28)31/h3-11,29H,2H2,1H3. The van der Waals surface area contributed by atoms with Crippen molar-refractivity contribution in [3.63, 3.8) is 0 Å². The maximum absolute atomic E-state index is 12.7. The number of amides is 2. The second kappa shape index (κ2) is 9.05. The molecule has 0 atom stereocenters. The molecule has 0 aliphatic carbocycles. The molecule has 0 bridgehead atoms. The van der Waals surface area contributed by atoms with Crippen molar-refractivity contribution in [2.24, 2.45) is 4.99 Å². The Labute approximate surface area is 205 Å². The smallest absolute Gasteiger partial charge is 0.266 e. The van der Waals surface area contributed by atoms with Gasteiger partial charge in [0, 0.05) is 15.2 Å². The van der Waals surface area contributed by atoms with Gasteiger partial charge in [0.25, 0.3) is 11.8 Å². The zero-order chi connectivity index (χ0) is 23.0. The SMILES string of the molecule is CCOc1cc(Br)c(Br)c(C=Nc2ccc(N3C(=O)c4ccccc4C3=O)cc2Cl)c1O. The van der Waals surface area contributed by atoms with Gasteiger partial charge in [-0.3, -0.25) is 14.6 Å². The van der Waals surface area contributed by atoms with E-state index in [1.54, 1.807) is 42.5 Å². The van der Waals surface area contributed by atoms with E-state index in [0.29, 0.717) is 49.4 Å². The van der Waals surface area contributed by atoms with Crippen molar-refractivity contribution >= 4 is 72.9 Å². The number of hydrogen-bond donors (Lipinski definition) is 1. The Kier molecular flexibility index (Phi) is 6.37. The lowest BCUT2D eigenvalue weighted by atomic mass is 10.1. The molecule has 9 heteroatoms. The van der Waals surface area contributed by atoms with Gasteiger partial charge in [0.05, 0.1) is 39.7 Å². The highest BCUT2D eigenvalue weighted by molar-refractivity contribution is 9.13. The van der Waals surface area contributed by atoms with E-state index in [4.69, 9.17) is 16.3 Å². The molecule has 0 fully saturated rings. The second-order valence-electron chi connectivity index (χ2n) is 6.75. The molecule has 162 valence electrons. The molecule has 6 nitrogen and oxygen atoms in total. The molecule has 0 saturated heterocycles. The van der Waals surface area contributed by atoms with E-state index in [1.807, 2.05) is 6.92 Å². The number of phenols is 1. The Morgan fingerprint density at radius 2 is 1.75 bits per heavy atom. The predicted octanol–water partition coefficient (Wildman–Crippen LogP) is 6.52. The molecule has 0 spiro atoms. The average Bonchev–Trinajstić information content (AvgIpc) is 3.03. The van der Waals surface area contributed by atoms with Crippen LogP contribution in [0.3, 0.4) is 0 Å². The lowest BCUT2D eigenvalue weighted by molar-refractivity contribution is 0.0926. The Hall–Kier alpha value is -2.68. The summed E-state index contributed by atoms with van der Waals surface area (Å²) in [5, 5.41) is 10.8.